The summed E-state index contributed by atoms with van der Waals surface area (Å²) in [5.41, 5.74) is 2.60. The number of amides is 3. The molecule has 144 valence electrons. The minimum absolute atomic E-state index is 0.130. The summed E-state index contributed by atoms with van der Waals surface area (Å²) < 4.78 is 5.14. The lowest BCUT2D eigenvalue weighted by Crippen LogP contribution is -2.36. The van der Waals surface area contributed by atoms with Gasteiger partial charge in [0, 0.05) is 44.0 Å². The van der Waals surface area contributed by atoms with Gasteiger partial charge >= 0.3 is 6.03 Å². The van der Waals surface area contributed by atoms with E-state index in [-0.39, 0.29) is 18.0 Å². The van der Waals surface area contributed by atoms with Gasteiger partial charge in [-0.05, 0) is 53.9 Å². The van der Waals surface area contributed by atoms with E-state index >= 15 is 0 Å². The van der Waals surface area contributed by atoms with E-state index in [0.717, 1.165) is 17.7 Å². The summed E-state index contributed by atoms with van der Waals surface area (Å²) in [6, 6.07) is 9.48. The topological polar surface area (TPSA) is 61.9 Å². The third kappa shape index (κ3) is 4.87. The van der Waals surface area contributed by atoms with Crippen LogP contribution in [0.3, 0.4) is 0 Å². The number of hydrogen-bond donors (Lipinski definition) is 1. The largest absolute Gasteiger partial charge is 0.383 e. The predicted octanol–water partition coefficient (Wildman–Crippen LogP) is 3.94. The van der Waals surface area contributed by atoms with Gasteiger partial charge in [0.15, 0.2) is 0 Å². The van der Waals surface area contributed by atoms with Gasteiger partial charge in [0.1, 0.15) is 0 Å². The Morgan fingerprint density at radius 3 is 2.93 bits per heavy atom. The minimum atomic E-state index is -0.184. The second-order valence-corrected chi connectivity index (χ2v) is 7.46. The minimum Gasteiger partial charge on any atom is -0.383 e. The second-order valence-electron chi connectivity index (χ2n) is 6.68. The average Bonchev–Trinajstić information content (AvgIpc) is 3.28. The summed E-state index contributed by atoms with van der Waals surface area (Å²) in [7, 11) is 1.62. The van der Waals surface area contributed by atoms with Crippen LogP contribution in [0.25, 0.3) is 0 Å². The van der Waals surface area contributed by atoms with E-state index in [1.165, 1.54) is 0 Å². The zero-order valence-electron chi connectivity index (χ0n) is 15.7. The molecule has 1 aliphatic rings. The quantitative estimate of drug-likeness (QED) is 0.783. The molecule has 6 nitrogen and oxygen atoms in total. The molecule has 3 amide bonds. The number of benzene rings is 1. The van der Waals surface area contributed by atoms with Gasteiger partial charge in [-0.3, -0.25) is 4.79 Å². The number of urea groups is 1. The molecule has 1 aromatic heterocycles. The number of anilines is 2. The van der Waals surface area contributed by atoms with E-state index in [1.807, 2.05) is 52.9 Å². The number of carbonyl (C=O) groups excluding carboxylic acids is 2. The molecule has 0 radical (unpaired) electrons. The molecule has 1 N–H and O–H groups in total. The zero-order valence-corrected chi connectivity index (χ0v) is 16.5. The van der Waals surface area contributed by atoms with Crippen LogP contribution in [0.5, 0.6) is 0 Å². The molecule has 7 heteroatoms. The van der Waals surface area contributed by atoms with E-state index in [4.69, 9.17) is 4.74 Å². The average molecular weight is 388 g/mol. The Morgan fingerprint density at radius 1 is 1.41 bits per heavy atom. The number of nitrogens with one attached hydrogen (secondary N) is 1. The fourth-order valence-corrected chi connectivity index (χ4v) is 3.88. The van der Waals surface area contributed by atoms with Gasteiger partial charge < -0.3 is 19.9 Å². The van der Waals surface area contributed by atoms with Gasteiger partial charge in [0.2, 0.25) is 5.91 Å². The second kappa shape index (κ2) is 9.01. The zero-order chi connectivity index (χ0) is 19.2. The molecular formula is C20H25N3O3S. The third-order valence-corrected chi connectivity index (χ3v) is 5.40. The summed E-state index contributed by atoms with van der Waals surface area (Å²) in [6.45, 7) is 3.54. The van der Waals surface area contributed by atoms with Crippen molar-refractivity contribution in [1.29, 1.82) is 0 Å². The first-order valence-electron chi connectivity index (χ1n) is 9.06. The van der Waals surface area contributed by atoms with Gasteiger partial charge in [-0.15, -0.1) is 0 Å². The molecule has 0 spiro atoms. The first-order valence-corrected chi connectivity index (χ1v) is 10.0. The molecule has 1 atom stereocenters. The van der Waals surface area contributed by atoms with Crippen molar-refractivity contribution in [3.63, 3.8) is 0 Å². The highest BCUT2D eigenvalue weighted by molar-refractivity contribution is 7.07. The molecule has 1 unspecified atom stereocenters. The summed E-state index contributed by atoms with van der Waals surface area (Å²) in [5.74, 6) is 0.130. The van der Waals surface area contributed by atoms with E-state index in [0.29, 0.717) is 31.8 Å². The van der Waals surface area contributed by atoms with Gasteiger partial charge in [0.25, 0.3) is 0 Å². The van der Waals surface area contributed by atoms with Crippen LogP contribution in [0, 0.1) is 0 Å². The highest BCUT2D eigenvalue weighted by Gasteiger charge is 2.28. The Kier molecular flexibility index (Phi) is 6.47. The summed E-state index contributed by atoms with van der Waals surface area (Å²) >= 11 is 1.61. The van der Waals surface area contributed by atoms with Gasteiger partial charge in [-0.1, -0.05) is 6.07 Å². The van der Waals surface area contributed by atoms with E-state index < -0.39 is 0 Å². The normalized spacial score (nSPS) is 16.6. The van der Waals surface area contributed by atoms with Crippen LogP contribution >= 0.6 is 11.3 Å². The third-order valence-electron chi connectivity index (χ3n) is 4.67. The maximum Gasteiger partial charge on any atom is 0.322 e. The number of rotatable bonds is 7. The molecule has 2 aromatic rings. The fourth-order valence-electron chi connectivity index (χ4n) is 3.22. The van der Waals surface area contributed by atoms with E-state index in [9.17, 15) is 9.59 Å². The van der Waals surface area contributed by atoms with Crippen molar-refractivity contribution in [3.05, 3.63) is 46.7 Å². The maximum absolute atomic E-state index is 12.8. The van der Waals surface area contributed by atoms with Crippen LogP contribution in [-0.2, 0) is 16.1 Å². The molecule has 0 aliphatic carbocycles. The lowest BCUT2D eigenvalue weighted by molar-refractivity contribution is -0.117. The van der Waals surface area contributed by atoms with Crippen molar-refractivity contribution in [2.75, 3.05) is 30.5 Å². The van der Waals surface area contributed by atoms with E-state index in [1.54, 1.807) is 23.3 Å². The van der Waals surface area contributed by atoms with Crippen molar-refractivity contribution in [2.45, 2.75) is 32.4 Å². The first kappa shape index (κ1) is 19.4. The van der Waals surface area contributed by atoms with Gasteiger partial charge in [0.05, 0.1) is 6.61 Å². The van der Waals surface area contributed by atoms with Gasteiger partial charge in [-0.2, -0.15) is 11.3 Å². The van der Waals surface area contributed by atoms with Crippen molar-refractivity contribution in [2.24, 2.45) is 0 Å². The van der Waals surface area contributed by atoms with Crippen LogP contribution in [0.2, 0.25) is 0 Å². The number of hydrogen-bond acceptors (Lipinski definition) is 4. The first-order chi connectivity index (χ1) is 13.1. The summed E-state index contributed by atoms with van der Waals surface area (Å²) in [6.07, 6.45) is 1.43. The Balaban J connectivity index is 1.71. The van der Waals surface area contributed by atoms with Crippen molar-refractivity contribution in [1.82, 2.24) is 4.90 Å². The number of thiophene rings is 1. The number of methoxy groups -OCH3 is 1. The highest BCUT2D eigenvalue weighted by Crippen LogP contribution is 2.28. The molecule has 27 heavy (non-hydrogen) atoms. The van der Waals surface area contributed by atoms with Crippen LogP contribution < -0.4 is 10.2 Å². The molecule has 1 fully saturated rings. The molecule has 1 aromatic carbocycles. The number of nitrogens with zero attached hydrogens (tertiary/aromatic N) is 2. The monoisotopic (exact) mass is 387 g/mol. The van der Waals surface area contributed by atoms with Crippen LogP contribution in [0.1, 0.15) is 25.3 Å². The highest BCUT2D eigenvalue weighted by atomic mass is 32.1. The standard InChI is InChI=1S/C20H25N3O3S/c1-15-6-7-19(24)23(15)18-5-3-4-17(12-18)21-20(25)22(9-10-26-2)13-16-8-11-27-14-16/h3-5,8,11-12,14-15H,6-7,9-10,13H2,1-2H3,(H,21,25). The Labute approximate surface area is 163 Å². The SMILES string of the molecule is COCCN(Cc1ccsc1)C(=O)Nc1cccc(N2C(=O)CCC2C)c1. The molecular weight excluding hydrogens is 362 g/mol. The summed E-state index contributed by atoms with van der Waals surface area (Å²) in [4.78, 5) is 28.5. The lowest BCUT2D eigenvalue weighted by Gasteiger charge is -2.24. The smallest absolute Gasteiger partial charge is 0.322 e. The van der Waals surface area contributed by atoms with Crippen LogP contribution in [-0.4, -0.2) is 43.1 Å². The molecule has 0 saturated carbocycles. The Hall–Kier alpha value is -2.38. The molecule has 2 heterocycles. The number of carbonyl (C=O) groups is 2. The van der Waals surface area contributed by atoms with Crippen LogP contribution in [0.4, 0.5) is 16.2 Å². The van der Waals surface area contributed by atoms with E-state index in [2.05, 4.69) is 5.32 Å². The molecule has 1 aliphatic heterocycles. The Morgan fingerprint density at radius 2 is 2.26 bits per heavy atom. The van der Waals surface area contributed by atoms with Gasteiger partial charge in [-0.25, -0.2) is 4.79 Å². The van der Waals surface area contributed by atoms with Crippen LogP contribution in [0.15, 0.2) is 41.1 Å². The lowest BCUT2D eigenvalue weighted by atomic mass is 10.2. The van der Waals surface area contributed by atoms with Crippen molar-refractivity contribution >= 4 is 34.6 Å². The van der Waals surface area contributed by atoms with Crippen molar-refractivity contribution < 1.29 is 14.3 Å². The number of ether oxygens (including phenoxy) is 1. The predicted molar refractivity (Wildman–Crippen MR) is 108 cm³/mol. The van der Waals surface area contributed by atoms with Crippen molar-refractivity contribution in [3.8, 4) is 0 Å². The Bertz CT molecular complexity index is 779. The summed E-state index contributed by atoms with van der Waals surface area (Å²) in [5, 5.41) is 6.99. The molecule has 1 saturated heterocycles. The molecule has 0 bridgehead atoms. The fraction of sp³-hybridized carbons (Fsp3) is 0.400. The maximum atomic E-state index is 12.8. The molecule has 3 rings (SSSR count).